The Labute approximate surface area is 79.4 Å². The molecule has 1 atom stereocenters. The van der Waals surface area contributed by atoms with Crippen LogP contribution in [-0.2, 0) is 6.42 Å². The number of hydrogen-bond donors (Lipinski definition) is 1. The maximum absolute atomic E-state index is 9.34. The highest BCUT2D eigenvalue weighted by Gasteiger charge is 1.98. The summed E-state index contributed by atoms with van der Waals surface area (Å²) in [5.74, 6) is 5.43. The Bertz CT molecular complexity index is 292. The predicted octanol–water partition coefficient (Wildman–Crippen LogP) is 2.00. The smallest absolute Gasteiger partial charge is 0.115 e. The van der Waals surface area contributed by atoms with Gasteiger partial charge in [-0.25, -0.2) is 0 Å². The highest BCUT2D eigenvalue weighted by atomic mass is 16.3. The lowest BCUT2D eigenvalue weighted by molar-refractivity contribution is 0.222. The van der Waals surface area contributed by atoms with Crippen molar-refractivity contribution in [2.24, 2.45) is 0 Å². The summed E-state index contributed by atoms with van der Waals surface area (Å²) >= 11 is 0. The fraction of sp³-hybridized carbons (Fsp3) is 0.333. The summed E-state index contributed by atoms with van der Waals surface area (Å²) in [7, 11) is 0. The van der Waals surface area contributed by atoms with Gasteiger partial charge < -0.3 is 5.11 Å². The zero-order valence-corrected chi connectivity index (χ0v) is 7.83. The van der Waals surface area contributed by atoms with Gasteiger partial charge in [0.25, 0.3) is 0 Å². The molecule has 0 aliphatic carbocycles. The van der Waals surface area contributed by atoms with E-state index in [2.05, 4.69) is 24.0 Å². The van der Waals surface area contributed by atoms with Gasteiger partial charge in [0.1, 0.15) is 6.10 Å². The summed E-state index contributed by atoms with van der Waals surface area (Å²) < 4.78 is 0. The third-order valence-corrected chi connectivity index (χ3v) is 1.86. The largest absolute Gasteiger partial charge is 0.380 e. The molecule has 0 radical (unpaired) electrons. The van der Waals surface area contributed by atoms with Gasteiger partial charge in [0.05, 0.1) is 0 Å². The zero-order chi connectivity index (χ0) is 9.52. The lowest BCUT2D eigenvalue weighted by Gasteiger charge is -2.02. The fourth-order valence-corrected chi connectivity index (χ4v) is 1.19. The molecule has 0 saturated heterocycles. The molecule has 0 aliphatic heterocycles. The van der Waals surface area contributed by atoms with Crippen LogP contribution in [0.15, 0.2) is 30.3 Å². The van der Waals surface area contributed by atoms with E-state index in [4.69, 9.17) is 0 Å². The molecule has 0 bridgehead atoms. The minimum Gasteiger partial charge on any atom is -0.380 e. The van der Waals surface area contributed by atoms with Crippen molar-refractivity contribution in [1.29, 1.82) is 0 Å². The van der Waals surface area contributed by atoms with Crippen molar-refractivity contribution >= 4 is 0 Å². The third kappa shape index (κ3) is 3.78. The molecule has 1 unspecified atom stereocenters. The van der Waals surface area contributed by atoms with Crippen LogP contribution >= 0.6 is 0 Å². The van der Waals surface area contributed by atoms with Crippen molar-refractivity contribution in [3.05, 3.63) is 35.9 Å². The molecule has 1 aromatic rings. The van der Waals surface area contributed by atoms with E-state index < -0.39 is 6.10 Å². The first-order chi connectivity index (χ1) is 6.33. The first-order valence-corrected chi connectivity index (χ1v) is 4.47. The molecule has 1 nitrogen and oxygen atoms in total. The van der Waals surface area contributed by atoms with Crippen LogP contribution in [-0.4, -0.2) is 11.2 Å². The average molecular weight is 174 g/mol. The second kappa shape index (κ2) is 5.40. The SMILES string of the molecule is CC#CC(O)CCc1ccccc1. The number of rotatable bonds is 3. The Balaban J connectivity index is 2.38. The van der Waals surface area contributed by atoms with Crippen LogP contribution in [0.1, 0.15) is 18.9 Å². The van der Waals surface area contributed by atoms with Crippen LogP contribution in [0.4, 0.5) is 0 Å². The molecular weight excluding hydrogens is 160 g/mol. The van der Waals surface area contributed by atoms with Crippen molar-refractivity contribution in [3.63, 3.8) is 0 Å². The first kappa shape index (κ1) is 9.83. The summed E-state index contributed by atoms with van der Waals surface area (Å²) in [5, 5.41) is 9.34. The second-order valence-electron chi connectivity index (χ2n) is 2.93. The van der Waals surface area contributed by atoms with Crippen molar-refractivity contribution < 1.29 is 5.11 Å². The van der Waals surface area contributed by atoms with E-state index in [0.29, 0.717) is 6.42 Å². The second-order valence-corrected chi connectivity index (χ2v) is 2.93. The maximum Gasteiger partial charge on any atom is 0.115 e. The molecule has 1 rings (SSSR count). The van der Waals surface area contributed by atoms with Gasteiger partial charge >= 0.3 is 0 Å². The fourth-order valence-electron chi connectivity index (χ4n) is 1.19. The summed E-state index contributed by atoms with van der Waals surface area (Å²) in [4.78, 5) is 0. The van der Waals surface area contributed by atoms with E-state index in [0.717, 1.165) is 6.42 Å². The van der Waals surface area contributed by atoms with E-state index in [-0.39, 0.29) is 0 Å². The van der Waals surface area contributed by atoms with Crippen LogP contribution < -0.4 is 0 Å². The molecule has 1 heteroatoms. The van der Waals surface area contributed by atoms with Gasteiger partial charge in [0.2, 0.25) is 0 Å². The van der Waals surface area contributed by atoms with E-state index in [1.54, 1.807) is 6.92 Å². The number of hydrogen-bond acceptors (Lipinski definition) is 1. The average Bonchev–Trinajstić information content (AvgIpc) is 2.17. The molecule has 1 aromatic carbocycles. The van der Waals surface area contributed by atoms with Gasteiger partial charge in [-0.3, -0.25) is 0 Å². The van der Waals surface area contributed by atoms with Crippen molar-refractivity contribution in [2.75, 3.05) is 0 Å². The number of aliphatic hydroxyl groups is 1. The maximum atomic E-state index is 9.34. The van der Waals surface area contributed by atoms with Gasteiger partial charge in [0, 0.05) is 0 Å². The molecule has 0 heterocycles. The van der Waals surface area contributed by atoms with Crippen molar-refractivity contribution in [2.45, 2.75) is 25.9 Å². The molecule has 0 aliphatic rings. The van der Waals surface area contributed by atoms with E-state index in [1.807, 2.05) is 18.2 Å². The van der Waals surface area contributed by atoms with Gasteiger partial charge in [0.15, 0.2) is 0 Å². The lowest BCUT2D eigenvalue weighted by atomic mass is 10.1. The summed E-state index contributed by atoms with van der Waals surface area (Å²) in [6.07, 6.45) is 1.12. The summed E-state index contributed by atoms with van der Waals surface area (Å²) in [5.41, 5.74) is 1.25. The Morgan fingerprint density at radius 3 is 2.62 bits per heavy atom. The minimum atomic E-state index is -0.481. The molecule has 0 fully saturated rings. The molecule has 0 saturated carbocycles. The first-order valence-electron chi connectivity index (χ1n) is 4.47. The number of aliphatic hydroxyl groups excluding tert-OH is 1. The Morgan fingerprint density at radius 1 is 1.31 bits per heavy atom. The highest BCUT2D eigenvalue weighted by Crippen LogP contribution is 2.04. The zero-order valence-electron chi connectivity index (χ0n) is 7.83. The van der Waals surface area contributed by atoms with Gasteiger partial charge in [-0.2, -0.15) is 0 Å². The topological polar surface area (TPSA) is 20.2 Å². The third-order valence-electron chi connectivity index (χ3n) is 1.86. The van der Waals surface area contributed by atoms with Gasteiger partial charge in [-0.05, 0) is 25.3 Å². The number of benzene rings is 1. The van der Waals surface area contributed by atoms with E-state index in [1.165, 1.54) is 5.56 Å². The summed E-state index contributed by atoms with van der Waals surface area (Å²) in [6.45, 7) is 1.74. The molecule has 0 spiro atoms. The normalized spacial score (nSPS) is 11.5. The lowest BCUT2D eigenvalue weighted by Crippen LogP contribution is -2.04. The molecule has 13 heavy (non-hydrogen) atoms. The number of aryl methyl sites for hydroxylation is 1. The Kier molecular flexibility index (Phi) is 4.08. The summed E-state index contributed by atoms with van der Waals surface area (Å²) in [6, 6.07) is 10.1. The predicted molar refractivity (Wildman–Crippen MR) is 54.2 cm³/mol. The molecule has 68 valence electrons. The standard InChI is InChI=1S/C12H14O/c1-2-6-12(13)10-9-11-7-4-3-5-8-11/h3-5,7-8,12-13H,9-10H2,1H3. The van der Waals surface area contributed by atoms with Crippen LogP contribution in [0, 0.1) is 11.8 Å². The monoisotopic (exact) mass is 174 g/mol. The van der Waals surface area contributed by atoms with Gasteiger partial charge in [-0.15, -0.1) is 5.92 Å². The molecule has 1 N–H and O–H groups in total. The van der Waals surface area contributed by atoms with Gasteiger partial charge in [-0.1, -0.05) is 36.3 Å². The van der Waals surface area contributed by atoms with Crippen molar-refractivity contribution in [3.8, 4) is 11.8 Å². The van der Waals surface area contributed by atoms with Crippen LogP contribution in [0.2, 0.25) is 0 Å². The Hall–Kier alpha value is -1.26. The van der Waals surface area contributed by atoms with Crippen LogP contribution in [0.25, 0.3) is 0 Å². The van der Waals surface area contributed by atoms with Crippen molar-refractivity contribution in [1.82, 2.24) is 0 Å². The Morgan fingerprint density at radius 2 is 2.00 bits per heavy atom. The molecular formula is C12H14O. The quantitative estimate of drug-likeness (QED) is 0.695. The highest BCUT2D eigenvalue weighted by molar-refractivity contribution is 5.15. The molecule has 0 aromatic heterocycles. The minimum absolute atomic E-state index is 0.481. The van der Waals surface area contributed by atoms with Crippen LogP contribution in [0.5, 0.6) is 0 Å². The van der Waals surface area contributed by atoms with E-state index in [9.17, 15) is 5.11 Å². The van der Waals surface area contributed by atoms with E-state index >= 15 is 0 Å². The molecule has 0 amide bonds. The van der Waals surface area contributed by atoms with Crippen LogP contribution in [0.3, 0.4) is 0 Å².